The van der Waals surface area contributed by atoms with Crippen LogP contribution in [0.25, 0.3) is 0 Å². The Balaban J connectivity index is 1.82. The Morgan fingerprint density at radius 2 is 2.07 bits per heavy atom. The molecule has 0 saturated carbocycles. The zero-order valence-corrected chi connectivity index (χ0v) is 18.9. The fourth-order valence-electron chi connectivity index (χ4n) is 3.34. The van der Waals surface area contributed by atoms with Gasteiger partial charge in [-0.15, -0.1) is 11.3 Å². The number of hydrogen-bond donors (Lipinski definition) is 3. The van der Waals surface area contributed by atoms with Crippen LogP contribution in [0, 0.1) is 5.92 Å². The van der Waals surface area contributed by atoms with Gasteiger partial charge in [-0.25, -0.2) is 0 Å². The molecule has 0 bridgehead atoms. The number of benzene rings is 1. The SMILES string of the molecule is COc1c(Cl)cc(Cl)cc1C(=O)NC(=S)Nc1sc2c(c1C(N)=O)CC[C@@H](C)C2. The normalized spacial score (nSPS) is 15.4. The molecule has 29 heavy (non-hydrogen) atoms. The second kappa shape index (κ2) is 8.87. The topological polar surface area (TPSA) is 93.4 Å². The highest BCUT2D eigenvalue weighted by Crippen LogP contribution is 2.39. The van der Waals surface area contributed by atoms with Gasteiger partial charge in [0.05, 0.1) is 23.3 Å². The zero-order valence-electron chi connectivity index (χ0n) is 15.7. The molecule has 0 aliphatic heterocycles. The number of halogens is 2. The van der Waals surface area contributed by atoms with Gasteiger partial charge < -0.3 is 15.8 Å². The van der Waals surface area contributed by atoms with Crippen LogP contribution in [0.1, 0.15) is 44.5 Å². The number of ether oxygens (including phenoxy) is 1. The average molecular weight is 472 g/mol. The number of amides is 2. The number of hydrogen-bond acceptors (Lipinski definition) is 5. The Kier molecular flexibility index (Phi) is 6.68. The Morgan fingerprint density at radius 3 is 2.72 bits per heavy atom. The smallest absolute Gasteiger partial charge is 0.261 e. The molecule has 1 atom stereocenters. The monoisotopic (exact) mass is 471 g/mol. The van der Waals surface area contributed by atoms with Crippen molar-refractivity contribution >= 4 is 68.7 Å². The highest BCUT2D eigenvalue weighted by Gasteiger charge is 2.27. The summed E-state index contributed by atoms with van der Waals surface area (Å²) in [6, 6.07) is 2.91. The van der Waals surface area contributed by atoms with Gasteiger partial charge in [-0.3, -0.25) is 14.9 Å². The number of rotatable bonds is 4. The molecule has 0 saturated heterocycles. The van der Waals surface area contributed by atoms with E-state index in [0.717, 1.165) is 29.7 Å². The molecule has 0 fully saturated rings. The quantitative estimate of drug-likeness (QED) is 0.573. The van der Waals surface area contributed by atoms with Crippen molar-refractivity contribution in [1.29, 1.82) is 0 Å². The molecular formula is C19H19Cl2N3O3S2. The first-order chi connectivity index (χ1) is 13.7. The number of nitrogens with one attached hydrogen (secondary N) is 2. The van der Waals surface area contributed by atoms with E-state index in [1.54, 1.807) is 0 Å². The van der Waals surface area contributed by atoms with E-state index in [1.165, 1.54) is 30.6 Å². The first-order valence-electron chi connectivity index (χ1n) is 8.81. The van der Waals surface area contributed by atoms with Crippen LogP contribution >= 0.6 is 46.8 Å². The molecular weight excluding hydrogens is 453 g/mol. The zero-order chi connectivity index (χ0) is 21.3. The lowest BCUT2D eigenvalue weighted by Gasteiger charge is -2.18. The lowest BCUT2D eigenvalue weighted by Crippen LogP contribution is -2.34. The number of carbonyl (C=O) groups excluding carboxylic acids is 2. The van der Waals surface area contributed by atoms with Crippen LogP contribution in [0.15, 0.2) is 12.1 Å². The summed E-state index contributed by atoms with van der Waals surface area (Å²) in [6.07, 6.45) is 2.68. The number of primary amides is 1. The largest absolute Gasteiger partial charge is 0.494 e. The molecule has 1 heterocycles. The summed E-state index contributed by atoms with van der Waals surface area (Å²) in [4.78, 5) is 25.8. The van der Waals surface area contributed by atoms with Crippen molar-refractivity contribution in [3.05, 3.63) is 43.7 Å². The average Bonchev–Trinajstić information content (AvgIpc) is 2.97. The minimum Gasteiger partial charge on any atom is -0.494 e. The molecule has 2 aromatic rings. The van der Waals surface area contributed by atoms with E-state index in [-0.39, 0.29) is 26.5 Å². The minimum absolute atomic E-state index is 0.0299. The highest BCUT2D eigenvalue weighted by atomic mass is 35.5. The van der Waals surface area contributed by atoms with Crippen molar-refractivity contribution < 1.29 is 14.3 Å². The summed E-state index contributed by atoms with van der Waals surface area (Å²) in [5, 5.41) is 6.58. The fraction of sp³-hybridized carbons (Fsp3) is 0.316. The number of thiocarbonyl (C=S) groups is 1. The maximum absolute atomic E-state index is 12.7. The standard InChI is InChI=1S/C19H19Cl2N3O3S2/c1-8-3-4-10-13(5-8)29-18(14(10)16(22)25)24-19(28)23-17(26)11-6-9(20)7-12(21)15(11)27-2/h6-8H,3-5H2,1-2H3,(H2,22,25)(H2,23,24,26,28)/t8-/m1/s1. The summed E-state index contributed by atoms with van der Waals surface area (Å²) in [7, 11) is 1.40. The van der Waals surface area contributed by atoms with Gasteiger partial charge in [-0.2, -0.15) is 0 Å². The molecule has 3 rings (SSSR count). The van der Waals surface area contributed by atoms with Gasteiger partial charge in [-0.05, 0) is 55.1 Å². The van der Waals surface area contributed by atoms with E-state index in [0.29, 0.717) is 16.5 Å². The second-order valence-corrected chi connectivity index (χ2v) is 9.15. The van der Waals surface area contributed by atoms with Gasteiger partial charge in [0, 0.05) is 9.90 Å². The molecule has 0 spiro atoms. The first kappa shape index (κ1) is 21.8. The third kappa shape index (κ3) is 4.66. The summed E-state index contributed by atoms with van der Waals surface area (Å²) in [6.45, 7) is 2.17. The predicted molar refractivity (Wildman–Crippen MR) is 121 cm³/mol. The third-order valence-corrected chi connectivity index (χ3v) is 6.54. The van der Waals surface area contributed by atoms with Crippen molar-refractivity contribution in [2.75, 3.05) is 12.4 Å². The lowest BCUT2D eigenvalue weighted by molar-refractivity contribution is 0.0972. The molecule has 1 aromatic heterocycles. The van der Waals surface area contributed by atoms with Crippen LogP contribution in [0.4, 0.5) is 5.00 Å². The summed E-state index contributed by atoms with van der Waals surface area (Å²) in [5.74, 6) is -0.326. The molecule has 0 unspecified atom stereocenters. The van der Waals surface area contributed by atoms with E-state index in [9.17, 15) is 9.59 Å². The van der Waals surface area contributed by atoms with Crippen molar-refractivity contribution in [3.63, 3.8) is 0 Å². The van der Waals surface area contributed by atoms with Crippen LogP contribution in [0.5, 0.6) is 5.75 Å². The molecule has 1 aliphatic rings. The second-order valence-electron chi connectivity index (χ2n) is 6.80. The number of carbonyl (C=O) groups is 2. The third-order valence-electron chi connectivity index (χ3n) is 4.67. The number of thiophene rings is 1. The van der Waals surface area contributed by atoms with Gasteiger partial charge in [0.15, 0.2) is 5.11 Å². The Morgan fingerprint density at radius 1 is 1.34 bits per heavy atom. The van der Waals surface area contributed by atoms with Crippen LogP contribution in [0.2, 0.25) is 10.0 Å². The summed E-state index contributed by atoms with van der Waals surface area (Å²) >= 11 is 18.8. The Labute approximate surface area is 187 Å². The van der Waals surface area contributed by atoms with Gasteiger partial charge in [0.2, 0.25) is 0 Å². The van der Waals surface area contributed by atoms with E-state index in [1.807, 2.05) is 0 Å². The van der Waals surface area contributed by atoms with E-state index < -0.39 is 11.8 Å². The molecule has 4 N–H and O–H groups in total. The van der Waals surface area contributed by atoms with E-state index in [2.05, 4.69) is 17.6 Å². The summed E-state index contributed by atoms with van der Waals surface area (Å²) < 4.78 is 5.19. The summed E-state index contributed by atoms with van der Waals surface area (Å²) in [5.41, 5.74) is 7.16. The maximum Gasteiger partial charge on any atom is 0.261 e. The van der Waals surface area contributed by atoms with Crippen molar-refractivity contribution in [2.45, 2.75) is 26.2 Å². The number of nitrogens with two attached hydrogens (primary N) is 1. The van der Waals surface area contributed by atoms with Crippen molar-refractivity contribution in [2.24, 2.45) is 11.7 Å². The van der Waals surface area contributed by atoms with Gasteiger partial charge in [0.1, 0.15) is 10.8 Å². The van der Waals surface area contributed by atoms with Crippen molar-refractivity contribution in [1.82, 2.24) is 5.32 Å². The van der Waals surface area contributed by atoms with Gasteiger partial charge >= 0.3 is 0 Å². The van der Waals surface area contributed by atoms with E-state index >= 15 is 0 Å². The number of anilines is 1. The predicted octanol–water partition coefficient (Wildman–Crippen LogP) is 4.41. The minimum atomic E-state index is -0.542. The number of fused-ring (bicyclic) bond motifs is 1. The van der Waals surface area contributed by atoms with E-state index in [4.69, 9.17) is 45.9 Å². The molecule has 6 nitrogen and oxygen atoms in total. The maximum atomic E-state index is 12.7. The molecule has 1 aromatic carbocycles. The van der Waals surface area contributed by atoms with Crippen LogP contribution in [-0.2, 0) is 12.8 Å². The van der Waals surface area contributed by atoms with Crippen molar-refractivity contribution in [3.8, 4) is 5.75 Å². The van der Waals surface area contributed by atoms with Crippen LogP contribution < -0.4 is 21.1 Å². The highest BCUT2D eigenvalue weighted by molar-refractivity contribution is 7.80. The van der Waals surface area contributed by atoms with Crippen LogP contribution in [-0.4, -0.2) is 24.0 Å². The molecule has 1 aliphatic carbocycles. The molecule has 154 valence electrons. The Hall–Kier alpha value is -1.87. The van der Waals surface area contributed by atoms with Crippen LogP contribution in [0.3, 0.4) is 0 Å². The Bertz CT molecular complexity index is 1010. The lowest BCUT2D eigenvalue weighted by atomic mass is 9.88. The molecule has 0 radical (unpaired) electrons. The van der Waals surface area contributed by atoms with Gasteiger partial charge in [-0.1, -0.05) is 30.1 Å². The molecule has 2 amide bonds. The van der Waals surface area contributed by atoms with Gasteiger partial charge in [0.25, 0.3) is 11.8 Å². The fourth-order valence-corrected chi connectivity index (χ4v) is 5.59. The number of methoxy groups -OCH3 is 1. The first-order valence-corrected chi connectivity index (χ1v) is 10.8. The molecule has 10 heteroatoms.